The zero-order valence-corrected chi connectivity index (χ0v) is 13.6. The van der Waals surface area contributed by atoms with Crippen LogP contribution in [0.25, 0.3) is 0 Å². The van der Waals surface area contributed by atoms with E-state index in [-0.39, 0.29) is 6.61 Å². The zero-order valence-electron chi connectivity index (χ0n) is 13.6. The van der Waals surface area contributed by atoms with Crippen LogP contribution in [0.3, 0.4) is 0 Å². The van der Waals surface area contributed by atoms with Crippen molar-refractivity contribution in [3.8, 4) is 23.0 Å². The minimum atomic E-state index is -0.788. The van der Waals surface area contributed by atoms with Crippen molar-refractivity contribution in [1.29, 1.82) is 0 Å². The first-order valence-corrected chi connectivity index (χ1v) is 7.44. The van der Waals surface area contributed by atoms with Crippen LogP contribution in [0.5, 0.6) is 23.0 Å². The fraction of sp³-hybridized carbons (Fsp3) is 0.333. The molecule has 0 aliphatic carbocycles. The van der Waals surface area contributed by atoms with Crippen molar-refractivity contribution in [3.63, 3.8) is 0 Å². The second-order valence-corrected chi connectivity index (χ2v) is 4.82. The molecule has 5 heteroatoms. The molecule has 1 atom stereocenters. The molecule has 1 N–H and O–H groups in total. The van der Waals surface area contributed by atoms with Gasteiger partial charge in [-0.05, 0) is 36.8 Å². The first-order valence-electron chi connectivity index (χ1n) is 7.44. The van der Waals surface area contributed by atoms with Crippen LogP contribution in [0.4, 0.5) is 0 Å². The Hall–Kier alpha value is -2.40. The summed E-state index contributed by atoms with van der Waals surface area (Å²) in [6.45, 7) is 2.57. The van der Waals surface area contributed by atoms with Gasteiger partial charge in [-0.25, -0.2) is 0 Å². The van der Waals surface area contributed by atoms with Gasteiger partial charge >= 0.3 is 0 Å². The van der Waals surface area contributed by atoms with E-state index in [2.05, 4.69) is 0 Å². The first kappa shape index (κ1) is 17.0. The van der Waals surface area contributed by atoms with E-state index in [1.54, 1.807) is 38.5 Å². The van der Waals surface area contributed by atoms with Crippen LogP contribution < -0.4 is 18.9 Å². The molecule has 0 radical (unpaired) electrons. The third-order valence-electron chi connectivity index (χ3n) is 3.34. The van der Waals surface area contributed by atoms with Gasteiger partial charge in [-0.1, -0.05) is 18.2 Å². The van der Waals surface area contributed by atoms with E-state index in [9.17, 15) is 5.11 Å². The number of hydrogen-bond acceptors (Lipinski definition) is 5. The van der Waals surface area contributed by atoms with Gasteiger partial charge in [0.1, 0.15) is 12.7 Å². The maximum Gasteiger partial charge on any atom is 0.161 e. The number of aliphatic hydroxyl groups excluding tert-OH is 1. The lowest BCUT2D eigenvalue weighted by Gasteiger charge is -2.16. The number of benzene rings is 2. The fourth-order valence-corrected chi connectivity index (χ4v) is 2.17. The van der Waals surface area contributed by atoms with Gasteiger partial charge in [-0.3, -0.25) is 0 Å². The van der Waals surface area contributed by atoms with Crippen LogP contribution in [-0.2, 0) is 0 Å². The van der Waals surface area contributed by atoms with Crippen molar-refractivity contribution in [1.82, 2.24) is 0 Å². The molecule has 0 aromatic heterocycles. The molecule has 2 rings (SSSR count). The lowest BCUT2D eigenvalue weighted by atomic mass is 10.1. The quantitative estimate of drug-likeness (QED) is 0.810. The number of ether oxygens (including phenoxy) is 4. The van der Waals surface area contributed by atoms with Gasteiger partial charge in [0.25, 0.3) is 0 Å². The van der Waals surface area contributed by atoms with Crippen molar-refractivity contribution >= 4 is 0 Å². The van der Waals surface area contributed by atoms with Gasteiger partial charge < -0.3 is 24.1 Å². The molecule has 23 heavy (non-hydrogen) atoms. The van der Waals surface area contributed by atoms with Crippen molar-refractivity contribution in [2.45, 2.75) is 13.0 Å². The highest BCUT2D eigenvalue weighted by Gasteiger charge is 2.14. The van der Waals surface area contributed by atoms with Crippen LogP contribution in [0, 0.1) is 0 Å². The third-order valence-corrected chi connectivity index (χ3v) is 3.34. The molecule has 2 aromatic carbocycles. The highest BCUT2D eigenvalue weighted by Crippen LogP contribution is 2.31. The molecule has 2 aromatic rings. The van der Waals surface area contributed by atoms with E-state index in [0.717, 1.165) is 0 Å². The van der Waals surface area contributed by atoms with E-state index in [1.165, 1.54) is 0 Å². The zero-order chi connectivity index (χ0) is 16.7. The summed E-state index contributed by atoms with van der Waals surface area (Å²) in [5.41, 5.74) is 0.695. The maximum absolute atomic E-state index is 10.3. The Morgan fingerprint density at radius 3 is 2.17 bits per heavy atom. The van der Waals surface area contributed by atoms with Crippen molar-refractivity contribution in [2.24, 2.45) is 0 Å². The van der Waals surface area contributed by atoms with E-state index in [1.807, 2.05) is 25.1 Å². The highest BCUT2D eigenvalue weighted by atomic mass is 16.5. The Balaban J connectivity index is 2.07. The Morgan fingerprint density at radius 2 is 1.52 bits per heavy atom. The number of aliphatic hydroxyl groups is 1. The summed E-state index contributed by atoms with van der Waals surface area (Å²) < 4.78 is 21.6. The van der Waals surface area contributed by atoms with Gasteiger partial charge in [0.2, 0.25) is 0 Å². The summed E-state index contributed by atoms with van der Waals surface area (Å²) >= 11 is 0. The lowest BCUT2D eigenvalue weighted by Crippen LogP contribution is -2.10. The minimum absolute atomic E-state index is 0.109. The third kappa shape index (κ3) is 4.29. The topological polar surface area (TPSA) is 57.2 Å². The second-order valence-electron chi connectivity index (χ2n) is 4.82. The average Bonchev–Trinajstić information content (AvgIpc) is 2.60. The summed E-state index contributed by atoms with van der Waals surface area (Å²) in [5.74, 6) is 2.45. The number of para-hydroxylation sites is 2. The number of hydrogen-bond donors (Lipinski definition) is 1. The molecule has 0 amide bonds. The van der Waals surface area contributed by atoms with Crippen LogP contribution in [0.15, 0.2) is 42.5 Å². The molecular weight excluding hydrogens is 296 g/mol. The van der Waals surface area contributed by atoms with Crippen molar-refractivity contribution in [3.05, 3.63) is 48.0 Å². The molecule has 5 nitrogen and oxygen atoms in total. The van der Waals surface area contributed by atoms with Gasteiger partial charge in [0.05, 0.1) is 20.8 Å². The summed E-state index contributed by atoms with van der Waals surface area (Å²) in [6.07, 6.45) is -0.788. The number of rotatable bonds is 8. The Kier molecular flexibility index (Phi) is 6.11. The summed E-state index contributed by atoms with van der Waals surface area (Å²) in [5, 5.41) is 10.3. The Bertz CT molecular complexity index is 627. The fourth-order valence-electron chi connectivity index (χ4n) is 2.17. The normalized spacial score (nSPS) is 11.7. The molecule has 0 saturated carbocycles. The summed E-state index contributed by atoms with van der Waals surface area (Å²) in [4.78, 5) is 0. The van der Waals surface area contributed by atoms with Crippen LogP contribution in [0.1, 0.15) is 18.6 Å². The molecule has 0 aliphatic rings. The molecule has 1 unspecified atom stereocenters. The minimum Gasteiger partial charge on any atom is -0.493 e. The first-order chi connectivity index (χ1) is 11.2. The maximum atomic E-state index is 10.3. The molecule has 0 aliphatic heterocycles. The lowest BCUT2D eigenvalue weighted by molar-refractivity contribution is 0.106. The summed E-state index contributed by atoms with van der Waals surface area (Å²) in [6, 6.07) is 12.6. The second kappa shape index (κ2) is 8.29. The predicted octanol–water partition coefficient (Wildman–Crippen LogP) is 3.21. The van der Waals surface area contributed by atoms with E-state index in [0.29, 0.717) is 35.2 Å². The molecule has 0 spiro atoms. The molecular formula is C18H22O5. The highest BCUT2D eigenvalue weighted by molar-refractivity contribution is 5.44. The van der Waals surface area contributed by atoms with E-state index in [4.69, 9.17) is 18.9 Å². The monoisotopic (exact) mass is 318 g/mol. The van der Waals surface area contributed by atoms with Crippen molar-refractivity contribution < 1.29 is 24.1 Å². The smallest absolute Gasteiger partial charge is 0.161 e. The van der Waals surface area contributed by atoms with Gasteiger partial charge in [0.15, 0.2) is 23.0 Å². The molecule has 0 saturated heterocycles. The predicted molar refractivity (Wildman–Crippen MR) is 87.6 cm³/mol. The molecule has 0 fully saturated rings. The van der Waals surface area contributed by atoms with E-state index >= 15 is 0 Å². The molecule has 0 bridgehead atoms. The number of methoxy groups -OCH3 is 2. The standard InChI is InChI=1S/C18H22O5/c1-4-22-17-10-9-13(11-18(17)21-3)14(19)12-23-16-8-6-5-7-15(16)20-2/h5-11,14,19H,4,12H2,1-3H3. The largest absolute Gasteiger partial charge is 0.493 e. The molecule has 0 heterocycles. The van der Waals surface area contributed by atoms with Crippen LogP contribution in [0.2, 0.25) is 0 Å². The van der Waals surface area contributed by atoms with E-state index < -0.39 is 6.10 Å². The van der Waals surface area contributed by atoms with Crippen molar-refractivity contribution in [2.75, 3.05) is 27.4 Å². The van der Waals surface area contributed by atoms with Gasteiger partial charge in [-0.2, -0.15) is 0 Å². The Labute approximate surface area is 136 Å². The average molecular weight is 318 g/mol. The molecule has 124 valence electrons. The summed E-state index contributed by atoms with van der Waals surface area (Å²) in [7, 11) is 3.15. The van der Waals surface area contributed by atoms with Gasteiger partial charge in [0, 0.05) is 0 Å². The Morgan fingerprint density at radius 1 is 0.870 bits per heavy atom. The van der Waals surface area contributed by atoms with Gasteiger partial charge in [-0.15, -0.1) is 0 Å². The van der Waals surface area contributed by atoms with Crippen LogP contribution in [-0.4, -0.2) is 32.5 Å². The van der Waals surface area contributed by atoms with Crippen LogP contribution >= 0.6 is 0 Å². The SMILES string of the molecule is CCOc1ccc(C(O)COc2ccccc2OC)cc1OC.